The summed E-state index contributed by atoms with van der Waals surface area (Å²) in [5, 5.41) is 7.50. The Morgan fingerprint density at radius 2 is 2.22 bits per heavy atom. The molecule has 1 aromatic carbocycles. The van der Waals surface area contributed by atoms with Gasteiger partial charge in [-0.3, -0.25) is 4.68 Å². The number of benzene rings is 1. The summed E-state index contributed by atoms with van der Waals surface area (Å²) in [6.07, 6.45) is 2.49. The molecule has 2 aromatic rings. The van der Waals surface area contributed by atoms with Crippen LogP contribution in [0.25, 0.3) is 11.3 Å². The maximum absolute atomic E-state index is 4.42. The van der Waals surface area contributed by atoms with Crippen molar-refractivity contribution in [3.05, 3.63) is 29.8 Å². The third-order valence-corrected chi connectivity index (χ3v) is 4.54. The first-order chi connectivity index (χ1) is 8.78. The summed E-state index contributed by atoms with van der Waals surface area (Å²) >= 11 is 1.97. The van der Waals surface area contributed by atoms with Crippen molar-refractivity contribution in [1.82, 2.24) is 9.78 Å². The van der Waals surface area contributed by atoms with Gasteiger partial charge in [0.1, 0.15) is 5.82 Å². The van der Waals surface area contributed by atoms with Crippen LogP contribution in [0.3, 0.4) is 0 Å². The molecule has 0 unspecified atom stereocenters. The molecule has 3 rings (SSSR count). The Hall–Kier alpha value is -1.42. The highest BCUT2D eigenvalue weighted by Crippen LogP contribution is 2.33. The standard InChI is InChI=1S/C14H17N3S/c1-15-14-9-12(17(2)16-14)10-5-6-13-11(8-10)4-3-7-18-13/h5-6,8-9H,3-4,7H2,1-2H3,(H,15,16). The van der Waals surface area contributed by atoms with Crippen molar-refractivity contribution >= 4 is 17.6 Å². The van der Waals surface area contributed by atoms with Crippen molar-refractivity contribution in [2.45, 2.75) is 17.7 Å². The van der Waals surface area contributed by atoms with Gasteiger partial charge in [-0.25, -0.2) is 0 Å². The molecule has 1 aromatic heterocycles. The highest BCUT2D eigenvalue weighted by atomic mass is 32.2. The molecule has 0 aliphatic carbocycles. The number of nitrogens with zero attached hydrogens (tertiary/aromatic N) is 2. The highest BCUT2D eigenvalue weighted by Gasteiger charge is 2.12. The van der Waals surface area contributed by atoms with Crippen molar-refractivity contribution in [1.29, 1.82) is 0 Å². The Labute approximate surface area is 112 Å². The van der Waals surface area contributed by atoms with E-state index in [9.17, 15) is 0 Å². The van der Waals surface area contributed by atoms with E-state index in [2.05, 4.69) is 34.7 Å². The molecule has 2 heterocycles. The topological polar surface area (TPSA) is 29.9 Å². The van der Waals surface area contributed by atoms with Gasteiger partial charge in [0.15, 0.2) is 0 Å². The van der Waals surface area contributed by atoms with Crippen molar-refractivity contribution in [2.75, 3.05) is 18.1 Å². The molecule has 4 heteroatoms. The normalized spacial score (nSPS) is 14.3. The second kappa shape index (κ2) is 4.69. The largest absolute Gasteiger partial charge is 0.372 e. The van der Waals surface area contributed by atoms with Crippen LogP contribution in [-0.2, 0) is 13.5 Å². The van der Waals surface area contributed by atoms with Gasteiger partial charge in [-0.15, -0.1) is 11.8 Å². The van der Waals surface area contributed by atoms with Gasteiger partial charge in [-0.05, 0) is 36.3 Å². The number of aromatic nitrogens is 2. The van der Waals surface area contributed by atoms with E-state index < -0.39 is 0 Å². The molecule has 1 aliphatic rings. The number of nitrogens with one attached hydrogen (secondary N) is 1. The number of thioether (sulfide) groups is 1. The predicted molar refractivity (Wildman–Crippen MR) is 77.2 cm³/mol. The van der Waals surface area contributed by atoms with Crippen LogP contribution < -0.4 is 5.32 Å². The minimum atomic E-state index is 0.916. The van der Waals surface area contributed by atoms with Crippen LogP contribution in [0.1, 0.15) is 12.0 Å². The van der Waals surface area contributed by atoms with Gasteiger partial charge in [0.25, 0.3) is 0 Å². The average molecular weight is 259 g/mol. The second-order valence-corrected chi connectivity index (χ2v) is 5.70. The molecule has 0 saturated carbocycles. The number of aryl methyl sites for hydroxylation is 2. The molecule has 0 amide bonds. The fourth-order valence-electron chi connectivity index (χ4n) is 2.38. The van der Waals surface area contributed by atoms with Crippen molar-refractivity contribution < 1.29 is 0 Å². The summed E-state index contributed by atoms with van der Waals surface area (Å²) in [6, 6.07) is 8.86. The lowest BCUT2D eigenvalue weighted by Gasteiger charge is -2.16. The molecule has 0 saturated heterocycles. The van der Waals surface area contributed by atoms with E-state index in [1.165, 1.54) is 34.6 Å². The first kappa shape index (κ1) is 11.7. The van der Waals surface area contributed by atoms with Gasteiger partial charge >= 0.3 is 0 Å². The molecule has 0 fully saturated rings. The summed E-state index contributed by atoms with van der Waals surface area (Å²) in [6.45, 7) is 0. The summed E-state index contributed by atoms with van der Waals surface area (Å²) in [5.41, 5.74) is 3.90. The van der Waals surface area contributed by atoms with E-state index in [0.29, 0.717) is 0 Å². The number of rotatable bonds is 2. The van der Waals surface area contributed by atoms with E-state index in [1.807, 2.05) is 30.5 Å². The number of hydrogen-bond donors (Lipinski definition) is 1. The van der Waals surface area contributed by atoms with Crippen molar-refractivity contribution in [3.63, 3.8) is 0 Å². The van der Waals surface area contributed by atoms with Gasteiger partial charge in [0.2, 0.25) is 0 Å². The lowest BCUT2D eigenvalue weighted by atomic mass is 10.0. The molecular formula is C14H17N3S. The summed E-state index contributed by atoms with van der Waals surface area (Å²) in [4.78, 5) is 1.45. The third kappa shape index (κ3) is 2.01. The van der Waals surface area contributed by atoms with Crippen LogP contribution in [0.5, 0.6) is 0 Å². The lowest BCUT2D eigenvalue weighted by molar-refractivity contribution is 0.778. The highest BCUT2D eigenvalue weighted by molar-refractivity contribution is 7.99. The summed E-state index contributed by atoms with van der Waals surface area (Å²) in [5.74, 6) is 2.17. The zero-order valence-corrected chi connectivity index (χ0v) is 11.5. The van der Waals surface area contributed by atoms with E-state index in [4.69, 9.17) is 0 Å². The van der Waals surface area contributed by atoms with Crippen LogP contribution in [0, 0.1) is 0 Å². The maximum atomic E-state index is 4.42. The molecule has 94 valence electrons. The predicted octanol–water partition coefficient (Wildman–Crippen LogP) is 3.17. The SMILES string of the molecule is CNc1cc(-c2ccc3c(c2)CCCS3)n(C)n1. The number of fused-ring (bicyclic) bond motifs is 1. The second-order valence-electron chi connectivity index (χ2n) is 4.56. The Morgan fingerprint density at radius 3 is 3.00 bits per heavy atom. The zero-order chi connectivity index (χ0) is 12.5. The van der Waals surface area contributed by atoms with E-state index in [-0.39, 0.29) is 0 Å². The molecular weight excluding hydrogens is 242 g/mol. The molecule has 0 bridgehead atoms. The minimum absolute atomic E-state index is 0.916. The molecule has 0 radical (unpaired) electrons. The van der Waals surface area contributed by atoms with E-state index >= 15 is 0 Å². The maximum Gasteiger partial charge on any atom is 0.148 e. The number of hydrogen-bond acceptors (Lipinski definition) is 3. The van der Waals surface area contributed by atoms with E-state index in [0.717, 1.165) is 11.5 Å². The Kier molecular flexibility index (Phi) is 3.04. The summed E-state index contributed by atoms with van der Waals surface area (Å²) in [7, 11) is 3.89. The number of anilines is 1. The van der Waals surface area contributed by atoms with Crippen LogP contribution in [0.4, 0.5) is 5.82 Å². The first-order valence-corrected chi connectivity index (χ1v) is 7.24. The smallest absolute Gasteiger partial charge is 0.148 e. The summed E-state index contributed by atoms with van der Waals surface area (Å²) < 4.78 is 1.93. The lowest BCUT2D eigenvalue weighted by Crippen LogP contribution is -2.00. The van der Waals surface area contributed by atoms with Crippen molar-refractivity contribution in [2.24, 2.45) is 7.05 Å². The van der Waals surface area contributed by atoms with Gasteiger partial charge in [0.05, 0.1) is 5.69 Å². The fourth-order valence-corrected chi connectivity index (χ4v) is 3.40. The van der Waals surface area contributed by atoms with E-state index in [1.54, 1.807) is 0 Å². The van der Waals surface area contributed by atoms with Crippen LogP contribution in [0.2, 0.25) is 0 Å². The first-order valence-electron chi connectivity index (χ1n) is 6.26. The van der Waals surface area contributed by atoms with Gasteiger partial charge in [-0.1, -0.05) is 6.07 Å². The Balaban J connectivity index is 2.03. The molecule has 1 aliphatic heterocycles. The monoisotopic (exact) mass is 259 g/mol. The third-order valence-electron chi connectivity index (χ3n) is 3.34. The Morgan fingerprint density at radius 1 is 1.33 bits per heavy atom. The Bertz CT molecular complexity index is 574. The van der Waals surface area contributed by atoms with Gasteiger partial charge < -0.3 is 5.32 Å². The van der Waals surface area contributed by atoms with Crippen molar-refractivity contribution in [3.8, 4) is 11.3 Å². The molecule has 0 spiro atoms. The molecule has 1 N–H and O–H groups in total. The van der Waals surface area contributed by atoms with Gasteiger partial charge in [0, 0.05) is 30.6 Å². The molecule has 3 nitrogen and oxygen atoms in total. The van der Waals surface area contributed by atoms with Crippen LogP contribution in [-0.4, -0.2) is 22.6 Å². The quantitative estimate of drug-likeness (QED) is 0.898. The average Bonchev–Trinajstić information content (AvgIpc) is 2.79. The van der Waals surface area contributed by atoms with Gasteiger partial charge in [-0.2, -0.15) is 5.10 Å². The minimum Gasteiger partial charge on any atom is -0.372 e. The molecule has 0 atom stereocenters. The zero-order valence-electron chi connectivity index (χ0n) is 10.7. The van der Waals surface area contributed by atoms with Crippen LogP contribution >= 0.6 is 11.8 Å². The fraction of sp³-hybridized carbons (Fsp3) is 0.357. The van der Waals surface area contributed by atoms with Crippen LogP contribution in [0.15, 0.2) is 29.2 Å². The molecule has 18 heavy (non-hydrogen) atoms.